The second kappa shape index (κ2) is 5.23. The summed E-state index contributed by atoms with van der Waals surface area (Å²) >= 11 is 0. The van der Waals surface area contributed by atoms with Crippen LogP contribution in [-0.2, 0) is 0 Å². The Balaban J connectivity index is 2.18. The zero-order chi connectivity index (χ0) is 13.9. The number of fused-ring (bicyclic) bond motifs is 1. The van der Waals surface area contributed by atoms with E-state index in [9.17, 15) is 10.5 Å². The highest BCUT2D eigenvalue weighted by molar-refractivity contribution is 5.73. The molecule has 1 aromatic rings. The smallest absolute Gasteiger partial charge is 0.0969 e. The predicted octanol–water partition coefficient (Wildman–Crippen LogP) is 3.59. The number of benzene rings is 1. The molecule has 1 aromatic carbocycles. The Bertz CT molecular complexity index is 668. The van der Waals surface area contributed by atoms with Crippen LogP contribution in [0.1, 0.15) is 31.2 Å². The molecule has 0 saturated carbocycles. The largest absolute Gasteiger partial charge is 0.343 e. The third kappa shape index (κ3) is 1.98. The number of rotatable bonds is 1. The fourth-order valence-electron chi connectivity index (χ4n) is 3.07. The lowest BCUT2D eigenvalue weighted by molar-refractivity contribution is 0.556. The number of hydrogen-bond acceptors (Lipinski definition) is 3. The molecule has 0 aliphatic carbocycles. The van der Waals surface area contributed by atoms with Gasteiger partial charge in [0.05, 0.1) is 23.4 Å². The Morgan fingerprint density at radius 1 is 0.900 bits per heavy atom. The molecule has 0 amide bonds. The summed E-state index contributed by atoms with van der Waals surface area (Å²) in [5.74, 6) is 0. The Morgan fingerprint density at radius 2 is 1.60 bits per heavy atom. The second-order valence-corrected chi connectivity index (χ2v) is 5.10. The van der Waals surface area contributed by atoms with E-state index in [0.29, 0.717) is 12.8 Å². The summed E-state index contributed by atoms with van der Waals surface area (Å²) < 4.78 is 0. The lowest BCUT2D eigenvalue weighted by atomic mass is 10.0. The van der Waals surface area contributed by atoms with Gasteiger partial charge in [0.25, 0.3) is 0 Å². The maximum absolute atomic E-state index is 9.49. The molecule has 3 nitrogen and oxygen atoms in total. The molecule has 20 heavy (non-hydrogen) atoms. The van der Waals surface area contributed by atoms with Gasteiger partial charge >= 0.3 is 0 Å². The zero-order valence-corrected chi connectivity index (χ0v) is 11.3. The van der Waals surface area contributed by atoms with Crippen molar-refractivity contribution >= 4 is 5.70 Å². The highest BCUT2D eigenvalue weighted by Gasteiger charge is 2.29. The standard InChI is InChI=1S/C17H15N3/c18-11-14-8-9-15(12-19)17(13-5-2-1-3-6-13)20-10-4-7-16(14)20/h1-3,5-6H,4,7-10H2. The first-order chi connectivity index (χ1) is 9.85. The van der Waals surface area contributed by atoms with Crippen LogP contribution in [0.25, 0.3) is 5.70 Å². The highest BCUT2D eigenvalue weighted by Crippen LogP contribution is 2.39. The molecule has 3 rings (SSSR count). The summed E-state index contributed by atoms with van der Waals surface area (Å²) in [6.45, 7) is 0.899. The fraction of sp³-hybridized carbons (Fsp3) is 0.294. The Labute approximate surface area is 119 Å². The molecule has 0 unspecified atom stereocenters. The molecule has 0 spiro atoms. The van der Waals surface area contributed by atoms with Crippen LogP contribution in [0.4, 0.5) is 0 Å². The van der Waals surface area contributed by atoms with E-state index in [4.69, 9.17) is 0 Å². The number of nitriles is 2. The first-order valence-electron chi connectivity index (χ1n) is 6.93. The molecule has 0 atom stereocenters. The Hall–Kier alpha value is -2.52. The van der Waals surface area contributed by atoms with Crippen molar-refractivity contribution in [3.05, 3.63) is 52.7 Å². The quantitative estimate of drug-likeness (QED) is 0.776. The first-order valence-corrected chi connectivity index (χ1v) is 6.93. The van der Waals surface area contributed by atoms with Gasteiger partial charge in [0.15, 0.2) is 0 Å². The second-order valence-electron chi connectivity index (χ2n) is 5.10. The van der Waals surface area contributed by atoms with Crippen LogP contribution in [0.5, 0.6) is 0 Å². The number of nitrogens with zero attached hydrogens (tertiary/aromatic N) is 3. The zero-order valence-electron chi connectivity index (χ0n) is 11.3. The van der Waals surface area contributed by atoms with Crippen LogP contribution in [0.2, 0.25) is 0 Å². The van der Waals surface area contributed by atoms with E-state index >= 15 is 0 Å². The van der Waals surface area contributed by atoms with Crippen molar-refractivity contribution in [2.45, 2.75) is 25.7 Å². The van der Waals surface area contributed by atoms with Gasteiger partial charge in [-0.2, -0.15) is 10.5 Å². The lowest BCUT2D eigenvalue weighted by Crippen LogP contribution is -2.17. The van der Waals surface area contributed by atoms with Crippen molar-refractivity contribution in [3.63, 3.8) is 0 Å². The molecule has 2 aliphatic heterocycles. The summed E-state index contributed by atoms with van der Waals surface area (Å²) in [5.41, 5.74) is 4.84. The topological polar surface area (TPSA) is 50.8 Å². The molecule has 0 radical (unpaired) electrons. The van der Waals surface area contributed by atoms with Crippen LogP contribution in [-0.4, -0.2) is 11.4 Å². The lowest BCUT2D eigenvalue weighted by Gasteiger charge is -2.24. The van der Waals surface area contributed by atoms with Crippen LogP contribution in [0, 0.1) is 22.7 Å². The van der Waals surface area contributed by atoms with Gasteiger partial charge in [-0.05, 0) is 31.2 Å². The van der Waals surface area contributed by atoms with Gasteiger partial charge in [0.1, 0.15) is 0 Å². The van der Waals surface area contributed by atoms with E-state index in [1.165, 1.54) is 0 Å². The van der Waals surface area contributed by atoms with Crippen molar-refractivity contribution in [3.8, 4) is 12.1 Å². The van der Waals surface area contributed by atoms with Gasteiger partial charge in [-0.3, -0.25) is 0 Å². The fourth-order valence-corrected chi connectivity index (χ4v) is 3.07. The molecular formula is C17H15N3. The first kappa shape index (κ1) is 12.5. The van der Waals surface area contributed by atoms with Crippen LogP contribution >= 0.6 is 0 Å². The van der Waals surface area contributed by atoms with E-state index in [-0.39, 0.29) is 0 Å². The molecule has 98 valence electrons. The molecule has 0 bridgehead atoms. The van der Waals surface area contributed by atoms with Gasteiger partial charge in [-0.25, -0.2) is 0 Å². The van der Waals surface area contributed by atoms with Gasteiger partial charge in [-0.1, -0.05) is 30.3 Å². The molecule has 0 aromatic heterocycles. The Kier molecular flexibility index (Phi) is 3.27. The maximum Gasteiger partial charge on any atom is 0.0969 e. The van der Waals surface area contributed by atoms with E-state index in [1.807, 2.05) is 30.3 Å². The minimum Gasteiger partial charge on any atom is -0.343 e. The van der Waals surface area contributed by atoms with Gasteiger partial charge in [0.2, 0.25) is 0 Å². The van der Waals surface area contributed by atoms with E-state index in [2.05, 4.69) is 17.0 Å². The normalized spacial score (nSPS) is 18.4. The molecule has 2 heterocycles. The minimum absolute atomic E-state index is 0.656. The maximum atomic E-state index is 9.49. The third-order valence-electron chi connectivity index (χ3n) is 3.97. The highest BCUT2D eigenvalue weighted by atomic mass is 15.2. The number of allylic oxidation sites excluding steroid dienone is 3. The molecule has 2 aliphatic rings. The molecule has 0 N–H and O–H groups in total. The monoisotopic (exact) mass is 261 g/mol. The summed E-state index contributed by atoms with van der Waals surface area (Å²) in [6.07, 6.45) is 3.33. The average Bonchev–Trinajstić information content (AvgIpc) is 2.91. The summed E-state index contributed by atoms with van der Waals surface area (Å²) in [5, 5.41) is 18.8. The van der Waals surface area contributed by atoms with Gasteiger partial charge in [-0.15, -0.1) is 0 Å². The minimum atomic E-state index is 0.656. The molecule has 1 saturated heterocycles. The van der Waals surface area contributed by atoms with E-state index in [0.717, 1.165) is 47.5 Å². The van der Waals surface area contributed by atoms with Crippen molar-refractivity contribution < 1.29 is 0 Å². The summed E-state index contributed by atoms with van der Waals surface area (Å²) in [4.78, 5) is 2.19. The van der Waals surface area contributed by atoms with Crippen molar-refractivity contribution in [2.75, 3.05) is 6.54 Å². The van der Waals surface area contributed by atoms with Crippen molar-refractivity contribution in [2.24, 2.45) is 0 Å². The molecule has 1 fully saturated rings. The van der Waals surface area contributed by atoms with E-state index < -0.39 is 0 Å². The van der Waals surface area contributed by atoms with Gasteiger partial charge in [0, 0.05) is 17.8 Å². The average molecular weight is 261 g/mol. The molecular weight excluding hydrogens is 246 g/mol. The van der Waals surface area contributed by atoms with Crippen LogP contribution < -0.4 is 0 Å². The van der Waals surface area contributed by atoms with E-state index in [1.54, 1.807) is 0 Å². The van der Waals surface area contributed by atoms with Crippen molar-refractivity contribution in [1.82, 2.24) is 4.90 Å². The summed E-state index contributed by atoms with van der Waals surface area (Å²) in [7, 11) is 0. The SMILES string of the molecule is N#CC1=C2CCCN2C(c2ccccc2)=C(C#N)CC1. The predicted molar refractivity (Wildman–Crippen MR) is 76.8 cm³/mol. The summed E-state index contributed by atoms with van der Waals surface area (Å²) in [6, 6.07) is 14.7. The van der Waals surface area contributed by atoms with Crippen molar-refractivity contribution in [1.29, 1.82) is 10.5 Å². The Morgan fingerprint density at radius 3 is 2.30 bits per heavy atom. The third-order valence-corrected chi connectivity index (χ3v) is 3.97. The molecule has 3 heteroatoms. The number of hydrogen-bond donors (Lipinski definition) is 0. The van der Waals surface area contributed by atoms with Crippen LogP contribution in [0.15, 0.2) is 47.2 Å². The van der Waals surface area contributed by atoms with Gasteiger partial charge < -0.3 is 4.90 Å². The van der Waals surface area contributed by atoms with Crippen LogP contribution in [0.3, 0.4) is 0 Å².